The summed E-state index contributed by atoms with van der Waals surface area (Å²) in [6.07, 6.45) is -0.919. The first kappa shape index (κ1) is 17.8. The predicted octanol–water partition coefficient (Wildman–Crippen LogP) is 6.90. The zero-order valence-electron chi connectivity index (χ0n) is 12.5. The highest BCUT2D eigenvalue weighted by Gasteiger charge is 2.29. The van der Waals surface area contributed by atoms with E-state index in [0.717, 1.165) is 21.5 Å². The van der Waals surface area contributed by atoms with Crippen LogP contribution in [0.2, 0.25) is 0 Å². The van der Waals surface area contributed by atoms with Crippen molar-refractivity contribution in [2.24, 2.45) is 0 Å². The third-order valence-electron chi connectivity index (χ3n) is 3.38. The van der Waals surface area contributed by atoms with E-state index in [2.05, 4.69) is 20.9 Å². The first-order chi connectivity index (χ1) is 11.8. The van der Waals surface area contributed by atoms with Gasteiger partial charge >= 0.3 is 6.18 Å². The number of alkyl halides is 3. The van der Waals surface area contributed by atoms with E-state index in [-0.39, 0.29) is 5.82 Å². The van der Waals surface area contributed by atoms with Crippen LogP contribution in [-0.4, -0.2) is 4.98 Å². The van der Waals surface area contributed by atoms with Crippen molar-refractivity contribution >= 4 is 39.4 Å². The molecule has 0 unspecified atom stereocenters. The van der Waals surface area contributed by atoms with E-state index in [1.54, 1.807) is 24.3 Å². The Morgan fingerprint density at radius 1 is 0.920 bits per heavy atom. The van der Waals surface area contributed by atoms with Crippen molar-refractivity contribution in [2.45, 2.75) is 6.18 Å². The summed E-state index contributed by atoms with van der Waals surface area (Å²) in [5.41, 5.74) is 1.43. The first-order valence-corrected chi connectivity index (χ1v) is 8.71. The minimum atomic E-state index is -4.34. The smallest absolute Gasteiger partial charge is 0.235 e. The van der Waals surface area contributed by atoms with Gasteiger partial charge in [0.1, 0.15) is 10.8 Å². The molecule has 1 aromatic heterocycles. The maximum Gasteiger partial charge on any atom is 0.416 e. The SMILES string of the molecule is Fc1ccc(-c2nc(C=Cc3ccc(C(F)(F)F)cc3)sc2Br)cc1. The number of rotatable bonds is 3. The minimum absolute atomic E-state index is 0.322. The van der Waals surface area contributed by atoms with E-state index >= 15 is 0 Å². The summed E-state index contributed by atoms with van der Waals surface area (Å²) in [6, 6.07) is 10.9. The van der Waals surface area contributed by atoms with Crippen LogP contribution < -0.4 is 0 Å². The lowest BCUT2D eigenvalue weighted by Gasteiger charge is -2.05. The topological polar surface area (TPSA) is 12.9 Å². The van der Waals surface area contributed by atoms with Crippen molar-refractivity contribution in [3.8, 4) is 11.3 Å². The molecular formula is C18H10BrF4NS. The molecule has 0 aliphatic carbocycles. The Morgan fingerprint density at radius 2 is 1.56 bits per heavy atom. The molecule has 3 aromatic rings. The van der Waals surface area contributed by atoms with Crippen LogP contribution in [0.25, 0.3) is 23.4 Å². The Balaban J connectivity index is 1.80. The second kappa shape index (κ2) is 7.09. The molecule has 1 nitrogen and oxygen atoms in total. The highest BCUT2D eigenvalue weighted by Crippen LogP contribution is 2.34. The molecule has 0 fully saturated rings. The molecule has 0 saturated heterocycles. The fourth-order valence-corrected chi connectivity index (χ4v) is 3.66. The second-order valence-corrected chi connectivity index (χ2v) is 7.48. The zero-order chi connectivity index (χ0) is 18.0. The molecule has 0 N–H and O–H groups in total. The van der Waals surface area contributed by atoms with Crippen molar-refractivity contribution in [3.63, 3.8) is 0 Å². The zero-order valence-corrected chi connectivity index (χ0v) is 14.9. The average molecular weight is 428 g/mol. The summed E-state index contributed by atoms with van der Waals surface area (Å²) in [5, 5.41) is 0.686. The van der Waals surface area contributed by atoms with Crippen LogP contribution in [0.3, 0.4) is 0 Å². The number of thiazole rings is 1. The largest absolute Gasteiger partial charge is 0.416 e. The molecule has 2 aromatic carbocycles. The van der Waals surface area contributed by atoms with Crippen LogP contribution in [0.15, 0.2) is 52.3 Å². The fraction of sp³-hybridized carbons (Fsp3) is 0.0556. The molecule has 3 rings (SSSR count). The van der Waals surface area contributed by atoms with Crippen LogP contribution in [-0.2, 0) is 6.18 Å². The molecule has 0 saturated carbocycles. The Kier molecular flexibility index (Phi) is 5.06. The van der Waals surface area contributed by atoms with Crippen LogP contribution in [0.4, 0.5) is 17.6 Å². The van der Waals surface area contributed by atoms with Gasteiger partial charge in [0.2, 0.25) is 0 Å². The van der Waals surface area contributed by atoms with Crippen molar-refractivity contribution < 1.29 is 17.6 Å². The van der Waals surface area contributed by atoms with Crippen molar-refractivity contribution in [3.05, 3.63) is 74.3 Å². The maximum absolute atomic E-state index is 13.0. The van der Waals surface area contributed by atoms with Crippen molar-refractivity contribution in [1.82, 2.24) is 4.98 Å². The third kappa shape index (κ3) is 4.35. The van der Waals surface area contributed by atoms with Crippen LogP contribution >= 0.6 is 27.3 Å². The molecule has 0 aliphatic rings. The number of aromatic nitrogens is 1. The van der Waals surface area contributed by atoms with Crippen LogP contribution in [0, 0.1) is 5.82 Å². The Labute approximate surface area is 153 Å². The van der Waals surface area contributed by atoms with Gasteiger partial charge in [0.05, 0.1) is 15.0 Å². The van der Waals surface area contributed by atoms with Gasteiger partial charge in [-0.15, -0.1) is 11.3 Å². The van der Waals surface area contributed by atoms with E-state index in [1.807, 2.05) is 0 Å². The van der Waals surface area contributed by atoms with Gasteiger partial charge in [0, 0.05) is 5.56 Å². The van der Waals surface area contributed by atoms with Crippen LogP contribution in [0.5, 0.6) is 0 Å². The molecule has 1 heterocycles. The first-order valence-electron chi connectivity index (χ1n) is 7.10. The lowest BCUT2D eigenvalue weighted by molar-refractivity contribution is -0.137. The summed E-state index contributed by atoms with van der Waals surface area (Å²) >= 11 is 4.82. The number of halogens is 5. The number of benzene rings is 2. The third-order valence-corrected chi connectivity index (χ3v) is 5.05. The van der Waals surface area contributed by atoms with Gasteiger partial charge in [-0.2, -0.15) is 13.2 Å². The van der Waals surface area contributed by atoms with Gasteiger partial charge in [-0.25, -0.2) is 9.37 Å². The fourth-order valence-electron chi connectivity index (χ4n) is 2.12. The summed E-state index contributed by atoms with van der Waals surface area (Å²) in [6.45, 7) is 0. The molecule has 0 radical (unpaired) electrons. The Hall–Kier alpha value is -1.99. The van der Waals surface area contributed by atoms with Gasteiger partial charge in [0.25, 0.3) is 0 Å². The van der Waals surface area contributed by atoms with Crippen molar-refractivity contribution in [2.75, 3.05) is 0 Å². The molecular weight excluding hydrogens is 418 g/mol. The Morgan fingerprint density at radius 3 is 2.16 bits per heavy atom. The van der Waals surface area contributed by atoms with Gasteiger partial charge in [-0.05, 0) is 64.0 Å². The van der Waals surface area contributed by atoms with Gasteiger partial charge in [-0.3, -0.25) is 0 Å². The molecule has 0 atom stereocenters. The van der Waals surface area contributed by atoms with E-state index in [0.29, 0.717) is 16.3 Å². The predicted molar refractivity (Wildman–Crippen MR) is 95.6 cm³/mol. The molecule has 25 heavy (non-hydrogen) atoms. The number of hydrogen-bond donors (Lipinski definition) is 0. The average Bonchev–Trinajstić information content (AvgIpc) is 2.94. The van der Waals surface area contributed by atoms with E-state index < -0.39 is 11.7 Å². The van der Waals surface area contributed by atoms with Gasteiger partial charge < -0.3 is 0 Å². The van der Waals surface area contributed by atoms with Crippen molar-refractivity contribution in [1.29, 1.82) is 0 Å². The standard InChI is InChI=1S/C18H10BrF4NS/c19-17-16(12-4-8-14(20)9-5-12)24-15(25-17)10-3-11-1-6-13(7-2-11)18(21,22)23/h1-10H. The molecule has 0 amide bonds. The number of nitrogens with zero attached hydrogens (tertiary/aromatic N) is 1. The van der Waals surface area contributed by atoms with Gasteiger partial charge in [-0.1, -0.05) is 18.2 Å². The molecule has 0 spiro atoms. The maximum atomic E-state index is 13.0. The monoisotopic (exact) mass is 427 g/mol. The summed E-state index contributed by atoms with van der Waals surface area (Å²) in [7, 11) is 0. The van der Waals surface area contributed by atoms with E-state index in [1.165, 1.54) is 35.6 Å². The second-order valence-electron chi connectivity index (χ2n) is 5.13. The summed E-state index contributed by atoms with van der Waals surface area (Å²) in [4.78, 5) is 4.46. The molecule has 0 aliphatic heterocycles. The number of hydrogen-bond acceptors (Lipinski definition) is 2. The molecule has 128 valence electrons. The summed E-state index contributed by atoms with van der Waals surface area (Å²) < 4.78 is 51.5. The quantitative estimate of drug-likeness (QED) is 0.414. The summed E-state index contributed by atoms with van der Waals surface area (Å²) in [5.74, 6) is -0.322. The van der Waals surface area contributed by atoms with Crippen LogP contribution in [0.1, 0.15) is 16.1 Å². The minimum Gasteiger partial charge on any atom is -0.235 e. The van der Waals surface area contributed by atoms with E-state index in [9.17, 15) is 17.6 Å². The molecule has 0 bridgehead atoms. The van der Waals surface area contributed by atoms with Gasteiger partial charge in [0.15, 0.2) is 0 Å². The Bertz CT molecular complexity index is 896. The lowest BCUT2D eigenvalue weighted by Crippen LogP contribution is -2.03. The normalized spacial score (nSPS) is 12.0. The van der Waals surface area contributed by atoms with E-state index in [4.69, 9.17) is 0 Å². The highest BCUT2D eigenvalue weighted by molar-refractivity contribution is 9.11. The lowest BCUT2D eigenvalue weighted by atomic mass is 10.1. The molecule has 7 heteroatoms. The highest BCUT2D eigenvalue weighted by atomic mass is 79.9.